The molecule has 3 N–H and O–H groups in total. The molecule has 0 unspecified atom stereocenters. The molecule has 0 saturated heterocycles. The van der Waals surface area contributed by atoms with Gasteiger partial charge in [-0.3, -0.25) is 0 Å². The van der Waals surface area contributed by atoms with Crippen LogP contribution >= 0.6 is 0 Å². The molecule has 0 aliphatic heterocycles. The number of hydrogen-bond acceptors (Lipinski definition) is 1. The molecule has 1 aliphatic rings. The lowest BCUT2D eigenvalue weighted by Crippen LogP contribution is -2.40. The highest BCUT2D eigenvalue weighted by Gasteiger charge is 2.16. The quantitative estimate of drug-likeness (QED) is 0.740. The lowest BCUT2D eigenvalue weighted by atomic mass is 10.2. The molecule has 4 nitrogen and oxygen atoms in total. The van der Waals surface area contributed by atoms with Crippen molar-refractivity contribution in [3.63, 3.8) is 0 Å². The van der Waals surface area contributed by atoms with E-state index in [0.717, 1.165) is 29.8 Å². The first-order valence-corrected chi connectivity index (χ1v) is 6.34. The average Bonchev–Trinajstić information content (AvgIpc) is 2.86. The van der Waals surface area contributed by atoms with Gasteiger partial charge in [0.15, 0.2) is 0 Å². The van der Waals surface area contributed by atoms with E-state index >= 15 is 0 Å². The van der Waals surface area contributed by atoms with E-state index in [9.17, 15) is 4.79 Å². The third-order valence-electron chi connectivity index (χ3n) is 3.39. The summed E-state index contributed by atoms with van der Waals surface area (Å²) in [5.74, 6) is 0. The highest BCUT2D eigenvalue weighted by Crippen LogP contribution is 2.17. The van der Waals surface area contributed by atoms with Crippen LogP contribution in [0.4, 0.5) is 4.79 Å². The van der Waals surface area contributed by atoms with E-state index in [2.05, 4.69) is 21.7 Å². The van der Waals surface area contributed by atoms with E-state index in [1.807, 2.05) is 13.8 Å². The molecule has 2 amide bonds. The van der Waals surface area contributed by atoms with Gasteiger partial charge in [0.1, 0.15) is 0 Å². The van der Waals surface area contributed by atoms with Gasteiger partial charge in [-0.2, -0.15) is 0 Å². The molecule has 1 saturated carbocycles. The highest BCUT2D eigenvalue weighted by atomic mass is 16.2. The van der Waals surface area contributed by atoms with E-state index in [1.165, 1.54) is 12.8 Å². The lowest BCUT2D eigenvalue weighted by molar-refractivity contribution is 0.236. The molecule has 0 aromatic carbocycles. The summed E-state index contributed by atoms with van der Waals surface area (Å²) in [6.45, 7) is 4.64. The van der Waals surface area contributed by atoms with Gasteiger partial charge < -0.3 is 15.6 Å². The number of aryl methyl sites for hydroxylation is 2. The zero-order valence-electron chi connectivity index (χ0n) is 10.6. The number of hydrogen-bond donors (Lipinski definition) is 3. The molecule has 1 aromatic rings. The monoisotopic (exact) mass is 235 g/mol. The molecule has 1 heterocycles. The van der Waals surface area contributed by atoms with Gasteiger partial charge in [0, 0.05) is 24.0 Å². The molecule has 4 heteroatoms. The Morgan fingerprint density at radius 2 is 2.12 bits per heavy atom. The first-order chi connectivity index (χ1) is 8.15. The van der Waals surface area contributed by atoms with Crippen LogP contribution in [-0.4, -0.2) is 17.1 Å². The van der Waals surface area contributed by atoms with Crippen molar-refractivity contribution in [1.29, 1.82) is 0 Å². The third-order valence-corrected chi connectivity index (χ3v) is 3.39. The van der Waals surface area contributed by atoms with Gasteiger partial charge in [0.2, 0.25) is 0 Å². The van der Waals surface area contributed by atoms with E-state index in [0.29, 0.717) is 12.6 Å². The van der Waals surface area contributed by atoms with Gasteiger partial charge in [-0.1, -0.05) is 12.8 Å². The SMILES string of the molecule is Cc1cc(CNC(=O)NC2CCCC2)c(C)[nH]1. The first-order valence-electron chi connectivity index (χ1n) is 6.34. The Morgan fingerprint density at radius 1 is 1.41 bits per heavy atom. The number of urea groups is 1. The van der Waals surface area contributed by atoms with Crippen LogP contribution in [-0.2, 0) is 6.54 Å². The minimum Gasteiger partial charge on any atom is -0.362 e. The normalized spacial score (nSPS) is 16.1. The average molecular weight is 235 g/mol. The number of aromatic nitrogens is 1. The van der Waals surface area contributed by atoms with E-state index in [4.69, 9.17) is 0 Å². The van der Waals surface area contributed by atoms with E-state index in [-0.39, 0.29) is 6.03 Å². The molecule has 0 bridgehead atoms. The van der Waals surface area contributed by atoms with Gasteiger partial charge in [0.05, 0.1) is 0 Å². The summed E-state index contributed by atoms with van der Waals surface area (Å²) in [5.41, 5.74) is 3.42. The number of rotatable bonds is 3. The van der Waals surface area contributed by atoms with Gasteiger partial charge >= 0.3 is 6.03 Å². The van der Waals surface area contributed by atoms with E-state index < -0.39 is 0 Å². The summed E-state index contributed by atoms with van der Waals surface area (Å²) in [4.78, 5) is 14.9. The summed E-state index contributed by atoms with van der Waals surface area (Å²) in [6.07, 6.45) is 4.72. The number of nitrogens with one attached hydrogen (secondary N) is 3. The van der Waals surface area contributed by atoms with Gasteiger partial charge in [-0.15, -0.1) is 0 Å². The van der Waals surface area contributed by atoms with Crippen LogP contribution in [0.2, 0.25) is 0 Å². The number of aromatic amines is 1. The molecule has 17 heavy (non-hydrogen) atoms. The number of H-pyrrole nitrogens is 1. The van der Waals surface area contributed by atoms with Crippen LogP contribution in [0.25, 0.3) is 0 Å². The summed E-state index contributed by atoms with van der Waals surface area (Å²) in [6, 6.07) is 2.41. The zero-order chi connectivity index (χ0) is 12.3. The lowest BCUT2D eigenvalue weighted by Gasteiger charge is -2.12. The Bertz CT molecular complexity index is 391. The summed E-state index contributed by atoms with van der Waals surface area (Å²) in [7, 11) is 0. The summed E-state index contributed by atoms with van der Waals surface area (Å²) < 4.78 is 0. The van der Waals surface area contributed by atoms with Crippen molar-refractivity contribution in [3.8, 4) is 0 Å². The molecule has 1 aromatic heterocycles. The van der Waals surface area contributed by atoms with Gasteiger partial charge in [0.25, 0.3) is 0 Å². The molecule has 2 rings (SSSR count). The van der Waals surface area contributed by atoms with Gasteiger partial charge in [-0.05, 0) is 38.3 Å². The van der Waals surface area contributed by atoms with Crippen LogP contribution < -0.4 is 10.6 Å². The fourth-order valence-corrected chi connectivity index (χ4v) is 2.45. The van der Waals surface area contributed by atoms with Crippen LogP contribution in [0.1, 0.15) is 42.6 Å². The molecule has 0 atom stereocenters. The maximum atomic E-state index is 11.7. The summed E-state index contributed by atoms with van der Waals surface area (Å²) >= 11 is 0. The van der Waals surface area contributed by atoms with Crippen molar-refractivity contribution in [2.75, 3.05) is 0 Å². The Hall–Kier alpha value is -1.45. The van der Waals surface area contributed by atoms with Crippen LogP contribution in [0, 0.1) is 13.8 Å². The first kappa shape index (κ1) is 12.0. The standard InChI is InChI=1S/C13H21N3O/c1-9-7-11(10(2)15-9)8-14-13(17)16-12-5-3-4-6-12/h7,12,15H,3-6,8H2,1-2H3,(H2,14,16,17). The molecule has 0 spiro atoms. The number of amides is 2. The number of carbonyl (C=O) groups excluding carboxylic acids is 1. The fourth-order valence-electron chi connectivity index (χ4n) is 2.45. The zero-order valence-corrected chi connectivity index (χ0v) is 10.6. The third kappa shape index (κ3) is 3.25. The van der Waals surface area contributed by atoms with Crippen molar-refractivity contribution >= 4 is 6.03 Å². The predicted molar refractivity (Wildman–Crippen MR) is 67.9 cm³/mol. The second-order valence-corrected chi connectivity index (χ2v) is 4.91. The number of carbonyl (C=O) groups is 1. The Balaban J connectivity index is 1.77. The largest absolute Gasteiger partial charge is 0.362 e. The minimum atomic E-state index is -0.0462. The topological polar surface area (TPSA) is 56.9 Å². The molecule has 94 valence electrons. The molecule has 1 aliphatic carbocycles. The van der Waals surface area contributed by atoms with Crippen LogP contribution in [0.3, 0.4) is 0 Å². The molecule has 0 radical (unpaired) electrons. The molecule has 1 fully saturated rings. The van der Waals surface area contributed by atoms with Crippen LogP contribution in [0.5, 0.6) is 0 Å². The molecular formula is C13H21N3O. The second-order valence-electron chi connectivity index (χ2n) is 4.91. The van der Waals surface area contributed by atoms with Crippen molar-refractivity contribution in [3.05, 3.63) is 23.0 Å². The molecular weight excluding hydrogens is 214 g/mol. The highest BCUT2D eigenvalue weighted by molar-refractivity contribution is 5.74. The van der Waals surface area contributed by atoms with Crippen molar-refractivity contribution in [2.24, 2.45) is 0 Å². The van der Waals surface area contributed by atoms with Crippen molar-refractivity contribution in [2.45, 2.75) is 52.1 Å². The predicted octanol–water partition coefficient (Wildman–Crippen LogP) is 2.37. The maximum Gasteiger partial charge on any atom is 0.315 e. The summed E-state index contributed by atoms with van der Waals surface area (Å²) in [5, 5.41) is 5.93. The van der Waals surface area contributed by atoms with E-state index in [1.54, 1.807) is 0 Å². The minimum absolute atomic E-state index is 0.0462. The fraction of sp³-hybridized carbons (Fsp3) is 0.615. The second kappa shape index (κ2) is 5.25. The Labute approximate surface area is 102 Å². The van der Waals surface area contributed by atoms with Crippen molar-refractivity contribution in [1.82, 2.24) is 15.6 Å². The van der Waals surface area contributed by atoms with Gasteiger partial charge in [-0.25, -0.2) is 4.79 Å². The Kier molecular flexibility index (Phi) is 3.71. The smallest absolute Gasteiger partial charge is 0.315 e. The van der Waals surface area contributed by atoms with Crippen LogP contribution in [0.15, 0.2) is 6.07 Å². The van der Waals surface area contributed by atoms with Crippen molar-refractivity contribution < 1.29 is 4.79 Å². The maximum absolute atomic E-state index is 11.7. The Morgan fingerprint density at radius 3 is 2.71 bits per heavy atom.